The summed E-state index contributed by atoms with van der Waals surface area (Å²) in [6.07, 6.45) is 5.01. The Morgan fingerprint density at radius 3 is 2.92 bits per heavy atom. The Labute approximate surface area is 150 Å². The van der Waals surface area contributed by atoms with E-state index in [-0.39, 0.29) is 6.04 Å². The van der Waals surface area contributed by atoms with Crippen LogP contribution >= 0.6 is 0 Å². The second-order valence-corrected chi connectivity index (χ2v) is 6.75. The van der Waals surface area contributed by atoms with Crippen molar-refractivity contribution in [2.24, 2.45) is 5.73 Å². The average molecular weight is 342 g/mol. The molecule has 0 fully saturated rings. The first-order valence-electron chi connectivity index (χ1n) is 8.85. The first-order chi connectivity index (χ1) is 12.8. The Morgan fingerprint density at radius 2 is 1.96 bits per heavy atom. The Balaban J connectivity index is 1.51. The summed E-state index contributed by atoms with van der Waals surface area (Å²) in [5, 5.41) is 5.22. The average Bonchev–Trinajstić information content (AvgIpc) is 3.18. The maximum Gasteiger partial charge on any atom is 0.258 e. The number of fused-ring (bicyclic) bond motifs is 2. The lowest BCUT2D eigenvalue weighted by Crippen LogP contribution is -2.17. The Hall–Kier alpha value is -3.05. The highest BCUT2D eigenvalue weighted by atomic mass is 16.5. The zero-order chi connectivity index (χ0) is 17.5. The minimum absolute atomic E-state index is 0.136. The largest absolute Gasteiger partial charge is 0.334 e. The molecule has 0 spiro atoms. The van der Waals surface area contributed by atoms with E-state index in [0.717, 1.165) is 41.3 Å². The summed E-state index contributed by atoms with van der Waals surface area (Å²) in [5.41, 5.74) is 11.5. The summed E-state index contributed by atoms with van der Waals surface area (Å²) in [5.74, 6) is 1.12. The van der Waals surface area contributed by atoms with E-state index in [1.165, 1.54) is 11.1 Å². The van der Waals surface area contributed by atoms with Crippen molar-refractivity contribution in [3.8, 4) is 22.8 Å². The van der Waals surface area contributed by atoms with Crippen molar-refractivity contribution >= 4 is 10.9 Å². The second-order valence-electron chi connectivity index (χ2n) is 6.75. The number of rotatable bonds is 2. The second kappa shape index (κ2) is 6.04. The maximum absolute atomic E-state index is 6.20. The number of nitrogens with zero attached hydrogens (tertiary/aromatic N) is 3. The van der Waals surface area contributed by atoms with Gasteiger partial charge in [-0.1, -0.05) is 17.3 Å². The molecule has 0 amide bonds. The van der Waals surface area contributed by atoms with E-state index in [9.17, 15) is 0 Å². The quantitative estimate of drug-likeness (QED) is 0.588. The predicted molar refractivity (Wildman–Crippen MR) is 100 cm³/mol. The first kappa shape index (κ1) is 15.2. The van der Waals surface area contributed by atoms with Crippen LogP contribution in [0.25, 0.3) is 33.7 Å². The van der Waals surface area contributed by atoms with Gasteiger partial charge in [0, 0.05) is 28.8 Å². The third-order valence-electron chi connectivity index (χ3n) is 5.04. The number of hydrogen-bond acceptors (Lipinski definition) is 5. The molecule has 26 heavy (non-hydrogen) atoms. The summed E-state index contributed by atoms with van der Waals surface area (Å²) in [4.78, 5) is 8.94. The molecule has 0 bridgehead atoms. The van der Waals surface area contributed by atoms with Crippen molar-refractivity contribution in [3.05, 3.63) is 65.9 Å². The van der Waals surface area contributed by atoms with Gasteiger partial charge in [0.25, 0.3) is 5.89 Å². The van der Waals surface area contributed by atoms with Gasteiger partial charge in [-0.2, -0.15) is 4.98 Å². The molecule has 5 nitrogen and oxygen atoms in total. The molecule has 0 saturated carbocycles. The lowest BCUT2D eigenvalue weighted by molar-refractivity contribution is 0.432. The molecular weight excluding hydrogens is 324 g/mol. The first-order valence-corrected chi connectivity index (χ1v) is 8.85. The van der Waals surface area contributed by atoms with Gasteiger partial charge in [0.15, 0.2) is 0 Å². The molecule has 128 valence electrons. The van der Waals surface area contributed by atoms with Crippen molar-refractivity contribution < 1.29 is 4.52 Å². The van der Waals surface area contributed by atoms with E-state index >= 15 is 0 Å². The van der Waals surface area contributed by atoms with Crippen molar-refractivity contribution in [2.45, 2.75) is 25.3 Å². The predicted octanol–water partition coefficient (Wildman–Crippen LogP) is 4.29. The topological polar surface area (TPSA) is 77.8 Å². The SMILES string of the molecule is NC1CCCc2cc(-c3nc(-c4ccc5ncccc5c4)no3)ccc21. The molecule has 2 N–H and O–H groups in total. The number of nitrogens with two attached hydrogens (primary N) is 1. The normalized spacial score (nSPS) is 16.6. The highest BCUT2D eigenvalue weighted by Crippen LogP contribution is 2.32. The smallest absolute Gasteiger partial charge is 0.258 e. The molecule has 1 aliphatic rings. The number of hydrogen-bond donors (Lipinski definition) is 1. The minimum Gasteiger partial charge on any atom is -0.334 e. The highest BCUT2D eigenvalue weighted by Gasteiger charge is 2.19. The fraction of sp³-hybridized carbons (Fsp3) is 0.190. The lowest BCUT2D eigenvalue weighted by atomic mass is 9.87. The van der Waals surface area contributed by atoms with Crippen LogP contribution in [-0.2, 0) is 6.42 Å². The van der Waals surface area contributed by atoms with Crippen LogP contribution in [-0.4, -0.2) is 15.1 Å². The van der Waals surface area contributed by atoms with Gasteiger partial charge in [-0.05, 0) is 66.8 Å². The van der Waals surface area contributed by atoms with Crippen LogP contribution in [0.5, 0.6) is 0 Å². The zero-order valence-electron chi connectivity index (χ0n) is 14.2. The van der Waals surface area contributed by atoms with Crippen LogP contribution in [0.1, 0.15) is 30.0 Å². The van der Waals surface area contributed by atoms with Gasteiger partial charge < -0.3 is 10.3 Å². The van der Waals surface area contributed by atoms with Crippen molar-refractivity contribution in [3.63, 3.8) is 0 Å². The molecule has 2 heterocycles. The molecule has 4 aromatic rings. The van der Waals surface area contributed by atoms with Gasteiger partial charge >= 0.3 is 0 Å². The van der Waals surface area contributed by atoms with Gasteiger partial charge in [-0.25, -0.2) is 0 Å². The summed E-state index contributed by atoms with van der Waals surface area (Å²) in [6, 6.07) is 16.3. The highest BCUT2D eigenvalue weighted by molar-refractivity contribution is 5.83. The van der Waals surface area contributed by atoms with Gasteiger partial charge in [0.05, 0.1) is 5.52 Å². The van der Waals surface area contributed by atoms with Gasteiger partial charge in [0.2, 0.25) is 5.82 Å². The van der Waals surface area contributed by atoms with Crippen molar-refractivity contribution in [1.29, 1.82) is 0 Å². The molecule has 1 atom stereocenters. The van der Waals surface area contributed by atoms with E-state index in [1.807, 2.05) is 36.4 Å². The van der Waals surface area contributed by atoms with Crippen LogP contribution in [0.3, 0.4) is 0 Å². The van der Waals surface area contributed by atoms with Crippen LogP contribution in [0.15, 0.2) is 59.3 Å². The summed E-state index contributed by atoms with van der Waals surface area (Å²) in [7, 11) is 0. The summed E-state index contributed by atoms with van der Waals surface area (Å²) >= 11 is 0. The lowest BCUT2D eigenvalue weighted by Gasteiger charge is -2.22. The molecule has 1 aliphatic carbocycles. The van der Waals surface area contributed by atoms with Crippen molar-refractivity contribution in [1.82, 2.24) is 15.1 Å². The zero-order valence-corrected chi connectivity index (χ0v) is 14.2. The van der Waals surface area contributed by atoms with Gasteiger partial charge in [-0.3, -0.25) is 4.98 Å². The van der Waals surface area contributed by atoms with Gasteiger partial charge in [-0.15, -0.1) is 0 Å². The Morgan fingerprint density at radius 1 is 1.04 bits per heavy atom. The van der Waals surface area contributed by atoms with E-state index < -0.39 is 0 Å². The minimum atomic E-state index is 0.136. The van der Waals surface area contributed by atoms with Crippen LogP contribution in [0.4, 0.5) is 0 Å². The summed E-state index contributed by atoms with van der Waals surface area (Å²) in [6.45, 7) is 0. The molecule has 5 rings (SSSR count). The molecular formula is C21H18N4O. The Kier molecular flexibility index (Phi) is 3.53. The van der Waals surface area contributed by atoms with E-state index in [0.29, 0.717) is 11.7 Å². The number of benzene rings is 2. The third-order valence-corrected chi connectivity index (χ3v) is 5.04. The number of pyridine rings is 1. The molecule has 2 aromatic carbocycles. The molecule has 0 aliphatic heterocycles. The van der Waals surface area contributed by atoms with Crippen LogP contribution < -0.4 is 5.73 Å². The maximum atomic E-state index is 6.20. The van der Waals surface area contributed by atoms with Crippen molar-refractivity contribution in [2.75, 3.05) is 0 Å². The fourth-order valence-corrected chi connectivity index (χ4v) is 3.66. The molecule has 2 aromatic heterocycles. The molecule has 5 heteroatoms. The number of aromatic nitrogens is 3. The third kappa shape index (κ3) is 2.57. The van der Waals surface area contributed by atoms with E-state index in [4.69, 9.17) is 10.3 Å². The standard InChI is InChI=1S/C21H18N4O/c22-18-5-1-3-13-11-16(6-8-17(13)18)21-24-20(25-26-21)15-7-9-19-14(12-15)4-2-10-23-19/h2,4,6-12,18H,1,3,5,22H2. The fourth-order valence-electron chi connectivity index (χ4n) is 3.66. The monoisotopic (exact) mass is 342 g/mol. The van der Waals surface area contributed by atoms with E-state index in [1.54, 1.807) is 6.20 Å². The molecule has 0 saturated heterocycles. The molecule has 0 radical (unpaired) electrons. The van der Waals surface area contributed by atoms with Crippen LogP contribution in [0.2, 0.25) is 0 Å². The van der Waals surface area contributed by atoms with Gasteiger partial charge in [0.1, 0.15) is 0 Å². The number of aryl methyl sites for hydroxylation is 1. The van der Waals surface area contributed by atoms with E-state index in [2.05, 4.69) is 27.3 Å². The Bertz CT molecular complexity index is 1100. The van der Waals surface area contributed by atoms with Crippen LogP contribution in [0, 0.1) is 0 Å². The summed E-state index contributed by atoms with van der Waals surface area (Å²) < 4.78 is 5.53. The molecule has 1 unspecified atom stereocenters.